The number of hydrogen-bond donors (Lipinski definition) is 1. The zero-order chi connectivity index (χ0) is 18.0. The van der Waals surface area contributed by atoms with Gasteiger partial charge in [-0.1, -0.05) is 12.2 Å². The van der Waals surface area contributed by atoms with Crippen LogP contribution in [0.1, 0.15) is 18.9 Å². The minimum atomic E-state index is -0.239. The Morgan fingerprint density at radius 2 is 1.85 bits per heavy atom. The van der Waals surface area contributed by atoms with E-state index in [-0.39, 0.29) is 41.2 Å². The van der Waals surface area contributed by atoms with Gasteiger partial charge in [0.05, 0.1) is 24.7 Å². The largest absolute Gasteiger partial charge is 0.504 e. The minimum absolute atomic E-state index is 0.0465. The van der Waals surface area contributed by atoms with Crippen molar-refractivity contribution in [1.82, 2.24) is 5.01 Å². The predicted molar refractivity (Wildman–Crippen MR) is 93.4 cm³/mol. The summed E-state index contributed by atoms with van der Waals surface area (Å²) in [4.78, 5) is 25.7. The molecule has 1 aromatic rings. The zero-order valence-electron chi connectivity index (χ0n) is 14.4. The highest BCUT2D eigenvalue weighted by molar-refractivity contribution is 6.06. The van der Waals surface area contributed by atoms with Gasteiger partial charge < -0.3 is 9.84 Å². The number of nitrogens with zero attached hydrogens (tertiary/aromatic N) is 2. The molecule has 1 N–H and O–H groups in total. The highest BCUT2D eigenvalue weighted by Crippen LogP contribution is 2.65. The second-order valence-electron chi connectivity index (χ2n) is 7.55. The number of amides is 2. The molecule has 0 spiro atoms. The number of aromatic hydroxyl groups is 1. The van der Waals surface area contributed by atoms with Gasteiger partial charge in [0.25, 0.3) is 11.8 Å². The second-order valence-corrected chi connectivity index (χ2v) is 7.55. The van der Waals surface area contributed by atoms with Gasteiger partial charge in [-0.05, 0) is 60.8 Å². The number of carbonyl (C=O) groups excluding carboxylic acids is 2. The van der Waals surface area contributed by atoms with Crippen LogP contribution in [0.2, 0.25) is 0 Å². The van der Waals surface area contributed by atoms with Gasteiger partial charge in [0.2, 0.25) is 0 Å². The molecule has 0 unspecified atom stereocenters. The number of benzene rings is 1. The van der Waals surface area contributed by atoms with Gasteiger partial charge in [-0.2, -0.15) is 10.1 Å². The number of hydrazone groups is 1. The standard InChI is InChI=1S/C20H20N2O4/c1-2-26-16-7-10(3-6-15(16)23)9-21-22-19(24)17-11-4-5-12(14-8-13(11)14)18(17)20(22)25/h3-7,9,11-14,17-18,23H,2,8H2,1H3/b21-9-/t11-,12-,13-,14+,17+,18-/m1/s1. The van der Waals surface area contributed by atoms with Crippen LogP contribution in [0.4, 0.5) is 0 Å². The molecular weight excluding hydrogens is 332 g/mol. The maximum atomic E-state index is 12.8. The van der Waals surface area contributed by atoms with E-state index in [0.717, 1.165) is 11.4 Å². The molecule has 1 aromatic carbocycles. The van der Waals surface area contributed by atoms with E-state index >= 15 is 0 Å². The molecule has 1 saturated heterocycles. The molecular formula is C20H20N2O4. The molecule has 6 heteroatoms. The Labute approximate surface area is 151 Å². The van der Waals surface area contributed by atoms with Gasteiger partial charge in [0, 0.05) is 0 Å². The van der Waals surface area contributed by atoms with Gasteiger partial charge in [0.1, 0.15) is 0 Å². The smallest absolute Gasteiger partial charge is 0.254 e. The van der Waals surface area contributed by atoms with E-state index in [4.69, 9.17) is 4.74 Å². The monoisotopic (exact) mass is 352 g/mol. The molecule has 6 rings (SSSR count). The van der Waals surface area contributed by atoms with E-state index in [1.54, 1.807) is 12.1 Å². The Hall–Kier alpha value is -2.63. The zero-order valence-corrected chi connectivity index (χ0v) is 14.4. The summed E-state index contributed by atoms with van der Waals surface area (Å²) in [7, 11) is 0. The summed E-state index contributed by atoms with van der Waals surface area (Å²) in [5, 5.41) is 15.0. The number of ether oxygens (including phenoxy) is 1. The quantitative estimate of drug-likeness (QED) is 0.512. The van der Waals surface area contributed by atoms with Crippen LogP contribution >= 0.6 is 0 Å². The van der Waals surface area contributed by atoms with Crippen LogP contribution in [0.5, 0.6) is 11.5 Å². The molecule has 2 bridgehead atoms. The topological polar surface area (TPSA) is 79.2 Å². The summed E-state index contributed by atoms with van der Waals surface area (Å²) in [6, 6.07) is 4.82. The Morgan fingerprint density at radius 3 is 2.46 bits per heavy atom. The van der Waals surface area contributed by atoms with Crippen LogP contribution in [-0.2, 0) is 9.59 Å². The normalized spacial score (nSPS) is 36.6. The molecule has 1 aliphatic heterocycles. The number of phenolic OH excluding ortho intramolecular Hbond substituents is 1. The molecule has 134 valence electrons. The molecule has 0 radical (unpaired) electrons. The number of carbonyl (C=O) groups is 2. The number of phenols is 1. The van der Waals surface area contributed by atoms with E-state index in [9.17, 15) is 14.7 Å². The fraction of sp³-hybridized carbons (Fsp3) is 0.450. The lowest BCUT2D eigenvalue weighted by Gasteiger charge is -2.37. The first-order valence-electron chi connectivity index (χ1n) is 9.16. The fourth-order valence-electron chi connectivity index (χ4n) is 5.06. The van der Waals surface area contributed by atoms with Crippen LogP contribution in [-0.4, -0.2) is 34.8 Å². The predicted octanol–water partition coefficient (Wildman–Crippen LogP) is 2.18. The number of hydrogen-bond acceptors (Lipinski definition) is 5. The maximum Gasteiger partial charge on any atom is 0.254 e. The average molecular weight is 352 g/mol. The van der Waals surface area contributed by atoms with Crippen molar-refractivity contribution in [1.29, 1.82) is 0 Å². The van der Waals surface area contributed by atoms with Crippen LogP contribution < -0.4 is 4.74 Å². The molecule has 4 aliphatic carbocycles. The van der Waals surface area contributed by atoms with Crippen molar-refractivity contribution in [2.75, 3.05) is 6.61 Å². The van der Waals surface area contributed by atoms with Crippen molar-refractivity contribution >= 4 is 18.0 Å². The van der Waals surface area contributed by atoms with Crippen molar-refractivity contribution in [3.8, 4) is 11.5 Å². The molecule has 2 amide bonds. The third kappa shape index (κ3) is 2.08. The molecule has 26 heavy (non-hydrogen) atoms. The molecule has 1 heterocycles. The fourth-order valence-corrected chi connectivity index (χ4v) is 5.06. The Kier molecular flexibility index (Phi) is 3.26. The highest BCUT2D eigenvalue weighted by atomic mass is 16.5. The van der Waals surface area contributed by atoms with Crippen molar-refractivity contribution in [3.63, 3.8) is 0 Å². The molecule has 3 fully saturated rings. The van der Waals surface area contributed by atoms with Crippen LogP contribution in [0.15, 0.2) is 35.5 Å². The summed E-state index contributed by atoms with van der Waals surface area (Å²) in [6.45, 7) is 2.26. The maximum absolute atomic E-state index is 12.8. The van der Waals surface area contributed by atoms with E-state index in [2.05, 4.69) is 17.3 Å². The van der Waals surface area contributed by atoms with Gasteiger partial charge in [-0.25, -0.2) is 0 Å². The van der Waals surface area contributed by atoms with E-state index in [1.165, 1.54) is 12.3 Å². The van der Waals surface area contributed by atoms with Crippen molar-refractivity contribution < 1.29 is 19.4 Å². The van der Waals surface area contributed by atoms with Crippen molar-refractivity contribution in [3.05, 3.63) is 35.9 Å². The van der Waals surface area contributed by atoms with E-state index in [0.29, 0.717) is 29.8 Å². The number of allylic oxidation sites excluding steroid dienone is 2. The first-order valence-corrected chi connectivity index (χ1v) is 9.16. The lowest BCUT2D eigenvalue weighted by Crippen LogP contribution is -2.40. The average Bonchev–Trinajstić information content (AvgIpc) is 3.42. The molecule has 0 aromatic heterocycles. The highest BCUT2D eigenvalue weighted by Gasteiger charge is 2.67. The van der Waals surface area contributed by atoms with E-state index < -0.39 is 0 Å². The summed E-state index contributed by atoms with van der Waals surface area (Å²) in [5.41, 5.74) is 0.658. The molecule has 6 nitrogen and oxygen atoms in total. The van der Waals surface area contributed by atoms with Gasteiger partial charge in [-0.15, -0.1) is 0 Å². The third-order valence-corrected chi connectivity index (χ3v) is 6.25. The van der Waals surface area contributed by atoms with Crippen LogP contribution in [0, 0.1) is 35.5 Å². The Bertz CT molecular complexity index is 825. The van der Waals surface area contributed by atoms with E-state index in [1.807, 2.05) is 6.92 Å². The first kappa shape index (κ1) is 15.6. The third-order valence-electron chi connectivity index (χ3n) is 6.25. The van der Waals surface area contributed by atoms with Gasteiger partial charge in [0.15, 0.2) is 11.5 Å². The summed E-state index contributed by atoms with van der Waals surface area (Å²) >= 11 is 0. The van der Waals surface area contributed by atoms with Gasteiger partial charge in [-0.3, -0.25) is 9.59 Å². The molecule has 5 aliphatic rings. The van der Waals surface area contributed by atoms with Gasteiger partial charge >= 0.3 is 0 Å². The molecule has 2 saturated carbocycles. The Balaban J connectivity index is 1.40. The summed E-state index contributed by atoms with van der Waals surface area (Å²) in [6.07, 6.45) is 6.91. The number of rotatable bonds is 4. The Morgan fingerprint density at radius 1 is 1.19 bits per heavy atom. The second kappa shape index (κ2) is 5.43. The minimum Gasteiger partial charge on any atom is -0.504 e. The van der Waals surface area contributed by atoms with Crippen LogP contribution in [0.3, 0.4) is 0 Å². The molecule has 6 atom stereocenters. The van der Waals surface area contributed by atoms with Crippen molar-refractivity contribution in [2.24, 2.45) is 40.6 Å². The van der Waals surface area contributed by atoms with Crippen molar-refractivity contribution in [2.45, 2.75) is 13.3 Å². The lowest BCUT2D eigenvalue weighted by atomic mass is 9.63. The SMILES string of the molecule is CCOc1cc(/C=N\N2C(=O)[C@@H]3[C@@H]4C=C[C@H]([C@H]5C[C@@H]45)[C@@H]3C2=O)ccc1O. The van der Waals surface area contributed by atoms with Crippen LogP contribution in [0.25, 0.3) is 0 Å². The first-order chi connectivity index (χ1) is 12.6. The number of imide groups is 1. The lowest BCUT2D eigenvalue weighted by molar-refractivity contribution is -0.140. The summed E-state index contributed by atoms with van der Waals surface area (Å²) < 4.78 is 5.35. The summed E-state index contributed by atoms with van der Waals surface area (Å²) in [5.74, 6) is 1.13.